The Hall–Kier alpha value is -2.08. The molecular weight excluding hydrogens is 260 g/mol. The van der Waals surface area contributed by atoms with Gasteiger partial charge in [0.05, 0.1) is 7.11 Å². The SMILES string of the molecule is CON(C)C(=O)c1cccc(NC(=O)OC(C)(C)C)c1. The molecule has 0 saturated carbocycles. The first-order valence-electron chi connectivity index (χ1n) is 6.15. The normalized spacial score (nSPS) is 10.8. The second-order valence-electron chi connectivity index (χ2n) is 5.19. The van der Waals surface area contributed by atoms with E-state index in [2.05, 4.69) is 5.32 Å². The van der Waals surface area contributed by atoms with E-state index >= 15 is 0 Å². The summed E-state index contributed by atoms with van der Waals surface area (Å²) < 4.78 is 5.14. The molecule has 0 bridgehead atoms. The van der Waals surface area contributed by atoms with Gasteiger partial charge in [0.2, 0.25) is 0 Å². The maximum absolute atomic E-state index is 11.9. The van der Waals surface area contributed by atoms with Crippen LogP contribution in [-0.2, 0) is 9.57 Å². The van der Waals surface area contributed by atoms with E-state index in [9.17, 15) is 9.59 Å². The van der Waals surface area contributed by atoms with Crippen molar-refractivity contribution < 1.29 is 19.2 Å². The van der Waals surface area contributed by atoms with Crippen LogP contribution in [0.5, 0.6) is 0 Å². The van der Waals surface area contributed by atoms with Crippen molar-refractivity contribution in [2.75, 3.05) is 19.5 Å². The van der Waals surface area contributed by atoms with Gasteiger partial charge in [0.15, 0.2) is 0 Å². The summed E-state index contributed by atoms with van der Waals surface area (Å²) in [7, 11) is 2.91. The van der Waals surface area contributed by atoms with E-state index in [0.717, 1.165) is 5.06 Å². The standard InChI is InChI=1S/C14H20N2O4/c1-14(2,3)20-13(18)15-11-8-6-7-10(9-11)12(17)16(4)19-5/h6-9H,1-5H3,(H,15,18). The molecule has 0 fully saturated rings. The summed E-state index contributed by atoms with van der Waals surface area (Å²) in [5, 5.41) is 3.68. The third-order valence-electron chi connectivity index (χ3n) is 2.31. The lowest BCUT2D eigenvalue weighted by Crippen LogP contribution is -2.27. The molecule has 2 amide bonds. The number of carbonyl (C=O) groups excluding carboxylic acids is 2. The molecule has 110 valence electrons. The van der Waals surface area contributed by atoms with Crippen molar-refractivity contribution in [1.29, 1.82) is 0 Å². The topological polar surface area (TPSA) is 67.9 Å². The van der Waals surface area contributed by atoms with Gasteiger partial charge in [-0.05, 0) is 39.0 Å². The van der Waals surface area contributed by atoms with Crippen LogP contribution >= 0.6 is 0 Å². The van der Waals surface area contributed by atoms with E-state index in [0.29, 0.717) is 11.3 Å². The van der Waals surface area contributed by atoms with Crippen molar-refractivity contribution >= 4 is 17.7 Å². The molecule has 0 heterocycles. The molecule has 1 rings (SSSR count). The van der Waals surface area contributed by atoms with Crippen molar-refractivity contribution in [2.24, 2.45) is 0 Å². The van der Waals surface area contributed by atoms with Crippen molar-refractivity contribution in [3.8, 4) is 0 Å². The third kappa shape index (κ3) is 4.89. The van der Waals surface area contributed by atoms with Gasteiger partial charge >= 0.3 is 6.09 Å². The zero-order valence-electron chi connectivity index (χ0n) is 12.4. The minimum Gasteiger partial charge on any atom is -0.444 e. The number of ether oxygens (including phenoxy) is 1. The lowest BCUT2D eigenvalue weighted by molar-refractivity contribution is -0.0756. The number of hydroxylamine groups is 2. The Bertz CT molecular complexity index is 494. The Morgan fingerprint density at radius 3 is 2.45 bits per heavy atom. The molecule has 0 aliphatic heterocycles. The van der Waals surface area contributed by atoms with E-state index < -0.39 is 11.7 Å². The molecule has 0 spiro atoms. The predicted molar refractivity (Wildman–Crippen MR) is 75.4 cm³/mol. The van der Waals surface area contributed by atoms with Gasteiger partial charge in [0.25, 0.3) is 5.91 Å². The molecular formula is C14H20N2O4. The smallest absolute Gasteiger partial charge is 0.412 e. The fourth-order valence-corrected chi connectivity index (χ4v) is 1.42. The van der Waals surface area contributed by atoms with Crippen LogP contribution in [0, 0.1) is 0 Å². The molecule has 0 aromatic heterocycles. The summed E-state index contributed by atoms with van der Waals surface area (Å²) in [4.78, 5) is 28.4. The Morgan fingerprint density at radius 2 is 1.90 bits per heavy atom. The molecule has 1 N–H and O–H groups in total. The van der Waals surface area contributed by atoms with Crippen molar-refractivity contribution in [2.45, 2.75) is 26.4 Å². The van der Waals surface area contributed by atoms with Crippen LogP contribution in [-0.4, -0.2) is 36.8 Å². The summed E-state index contributed by atoms with van der Waals surface area (Å²) in [6, 6.07) is 6.54. The molecule has 6 nitrogen and oxygen atoms in total. The van der Waals surface area contributed by atoms with Crippen molar-refractivity contribution in [1.82, 2.24) is 5.06 Å². The van der Waals surface area contributed by atoms with Gasteiger partial charge in [-0.25, -0.2) is 9.86 Å². The maximum atomic E-state index is 11.9. The van der Waals surface area contributed by atoms with Gasteiger partial charge in [0, 0.05) is 18.3 Å². The first kappa shape index (κ1) is 16.0. The van der Waals surface area contributed by atoms with Gasteiger partial charge in [-0.1, -0.05) is 6.07 Å². The number of anilines is 1. The number of carbonyl (C=O) groups is 2. The summed E-state index contributed by atoms with van der Waals surface area (Å²) in [6.07, 6.45) is -0.567. The minimum atomic E-state index is -0.576. The Balaban J connectivity index is 2.79. The Kier molecular flexibility index (Phi) is 5.10. The number of benzene rings is 1. The van der Waals surface area contributed by atoms with Gasteiger partial charge < -0.3 is 4.74 Å². The fourth-order valence-electron chi connectivity index (χ4n) is 1.42. The number of nitrogens with zero attached hydrogens (tertiary/aromatic N) is 1. The summed E-state index contributed by atoms with van der Waals surface area (Å²) in [6.45, 7) is 5.33. The number of nitrogens with one attached hydrogen (secondary N) is 1. The van der Waals surface area contributed by atoms with Crippen LogP contribution in [0.1, 0.15) is 31.1 Å². The largest absolute Gasteiger partial charge is 0.444 e. The molecule has 6 heteroatoms. The monoisotopic (exact) mass is 280 g/mol. The first-order chi connectivity index (χ1) is 9.23. The Labute approximate surface area is 118 Å². The summed E-state index contributed by atoms with van der Waals surface area (Å²) in [5.74, 6) is -0.305. The summed E-state index contributed by atoms with van der Waals surface area (Å²) >= 11 is 0. The van der Waals surface area contributed by atoms with E-state index in [-0.39, 0.29) is 5.91 Å². The second-order valence-corrected chi connectivity index (χ2v) is 5.19. The zero-order valence-corrected chi connectivity index (χ0v) is 12.4. The van der Waals surface area contributed by atoms with Crippen molar-refractivity contribution in [3.63, 3.8) is 0 Å². The van der Waals surface area contributed by atoms with E-state index in [4.69, 9.17) is 9.57 Å². The zero-order chi connectivity index (χ0) is 15.3. The van der Waals surface area contributed by atoms with Gasteiger partial charge in [0.1, 0.15) is 5.60 Å². The molecule has 1 aromatic carbocycles. The van der Waals surface area contributed by atoms with Crippen molar-refractivity contribution in [3.05, 3.63) is 29.8 Å². The quantitative estimate of drug-likeness (QED) is 0.864. The lowest BCUT2D eigenvalue weighted by Gasteiger charge is -2.20. The molecule has 0 aliphatic rings. The maximum Gasteiger partial charge on any atom is 0.412 e. The average molecular weight is 280 g/mol. The molecule has 20 heavy (non-hydrogen) atoms. The van der Waals surface area contributed by atoms with E-state index in [1.165, 1.54) is 14.2 Å². The van der Waals surface area contributed by atoms with Crippen LogP contribution in [0.3, 0.4) is 0 Å². The number of hydrogen-bond donors (Lipinski definition) is 1. The molecule has 0 atom stereocenters. The lowest BCUT2D eigenvalue weighted by atomic mass is 10.2. The molecule has 0 aliphatic carbocycles. The fraction of sp³-hybridized carbons (Fsp3) is 0.429. The summed E-state index contributed by atoms with van der Waals surface area (Å²) in [5.41, 5.74) is 0.311. The average Bonchev–Trinajstić information content (AvgIpc) is 2.34. The van der Waals surface area contributed by atoms with E-state index in [1.807, 2.05) is 0 Å². The van der Waals surface area contributed by atoms with Crippen LogP contribution in [0.15, 0.2) is 24.3 Å². The van der Waals surface area contributed by atoms with Crippen LogP contribution in [0.4, 0.5) is 10.5 Å². The molecule has 0 unspecified atom stereocenters. The van der Waals surface area contributed by atoms with Crippen LogP contribution in [0.25, 0.3) is 0 Å². The molecule has 0 saturated heterocycles. The number of amides is 2. The molecule has 1 aromatic rings. The second kappa shape index (κ2) is 6.38. The predicted octanol–water partition coefficient (Wildman–Crippen LogP) is 2.67. The van der Waals surface area contributed by atoms with Gasteiger partial charge in [-0.2, -0.15) is 0 Å². The van der Waals surface area contributed by atoms with E-state index in [1.54, 1.807) is 45.0 Å². The minimum absolute atomic E-state index is 0.305. The van der Waals surface area contributed by atoms with Gasteiger partial charge in [-0.15, -0.1) is 0 Å². The Morgan fingerprint density at radius 1 is 1.25 bits per heavy atom. The highest BCUT2D eigenvalue weighted by Gasteiger charge is 2.17. The molecule has 0 radical (unpaired) electrons. The van der Waals surface area contributed by atoms with Crippen LogP contribution in [0.2, 0.25) is 0 Å². The highest BCUT2D eigenvalue weighted by atomic mass is 16.7. The highest BCUT2D eigenvalue weighted by Crippen LogP contribution is 2.14. The third-order valence-corrected chi connectivity index (χ3v) is 2.31. The number of hydrogen-bond acceptors (Lipinski definition) is 4. The first-order valence-corrected chi connectivity index (χ1v) is 6.15. The highest BCUT2D eigenvalue weighted by molar-refractivity contribution is 5.95. The number of rotatable bonds is 3. The van der Waals surface area contributed by atoms with Gasteiger partial charge in [-0.3, -0.25) is 14.9 Å². The van der Waals surface area contributed by atoms with Crippen LogP contribution < -0.4 is 5.32 Å².